The third-order valence-electron chi connectivity index (χ3n) is 4.16. The van der Waals surface area contributed by atoms with E-state index in [0.717, 1.165) is 0 Å². The molecule has 9 heteroatoms. The van der Waals surface area contributed by atoms with E-state index in [1.54, 1.807) is 20.8 Å². The van der Waals surface area contributed by atoms with Crippen LogP contribution in [0.3, 0.4) is 0 Å². The van der Waals surface area contributed by atoms with Crippen LogP contribution in [0, 0.1) is 11.7 Å². The van der Waals surface area contributed by atoms with Gasteiger partial charge in [-0.15, -0.1) is 0 Å². The minimum absolute atomic E-state index is 0.0796. The number of rotatable bonds is 13. The maximum absolute atomic E-state index is 13.5. The Balaban J connectivity index is 3.13. The molecule has 1 aromatic rings. The molecule has 0 aliphatic rings. The second kappa shape index (κ2) is 12.7. The summed E-state index contributed by atoms with van der Waals surface area (Å²) in [6, 6.07) is 5.59. The van der Waals surface area contributed by atoms with E-state index in [-0.39, 0.29) is 37.3 Å². The topological polar surface area (TPSA) is 82.1 Å². The summed E-state index contributed by atoms with van der Waals surface area (Å²) >= 11 is 1.30. The number of carbonyl (C=O) groups excluding carboxylic acids is 1. The highest BCUT2D eigenvalue weighted by atomic mass is 32.2. The van der Waals surface area contributed by atoms with Crippen molar-refractivity contribution in [2.75, 3.05) is 25.6 Å². The van der Waals surface area contributed by atoms with Gasteiger partial charge in [-0.05, 0) is 44.4 Å². The van der Waals surface area contributed by atoms with Crippen LogP contribution in [0.2, 0.25) is 0 Å². The number of carbonyl (C=O) groups is 1. The Kier molecular flexibility index (Phi) is 11.4. The fourth-order valence-electron chi connectivity index (χ4n) is 2.86. The van der Waals surface area contributed by atoms with E-state index in [2.05, 4.69) is 0 Å². The quantitative estimate of drug-likeness (QED) is 0.341. The molecule has 0 spiro atoms. The van der Waals surface area contributed by atoms with Crippen molar-refractivity contribution in [2.45, 2.75) is 51.6 Å². The lowest BCUT2D eigenvalue weighted by Crippen LogP contribution is -2.38. The largest absolute Gasteiger partial charge is 0.465 e. The fourth-order valence-corrected chi connectivity index (χ4v) is 6.99. The van der Waals surface area contributed by atoms with Gasteiger partial charge in [0.2, 0.25) is 0 Å². The molecule has 0 aliphatic carbocycles. The van der Waals surface area contributed by atoms with Crippen LogP contribution in [0.5, 0.6) is 0 Å². The maximum atomic E-state index is 13.5. The molecule has 0 fully saturated rings. The summed E-state index contributed by atoms with van der Waals surface area (Å²) in [6.07, 6.45) is -0.872. The van der Waals surface area contributed by atoms with Crippen LogP contribution in [0.15, 0.2) is 24.3 Å². The van der Waals surface area contributed by atoms with Crippen LogP contribution in [-0.2, 0) is 23.1 Å². The van der Waals surface area contributed by atoms with Crippen molar-refractivity contribution in [3.63, 3.8) is 0 Å². The lowest BCUT2D eigenvalue weighted by Gasteiger charge is -2.33. The van der Waals surface area contributed by atoms with Crippen LogP contribution < -0.4 is 0 Å². The molecule has 0 saturated heterocycles. The van der Waals surface area contributed by atoms with E-state index >= 15 is 0 Å². The van der Waals surface area contributed by atoms with Crippen LogP contribution in [0.25, 0.3) is 0 Å². The predicted molar refractivity (Wildman–Crippen MR) is 114 cm³/mol. The molecule has 6 nitrogen and oxygen atoms in total. The van der Waals surface area contributed by atoms with E-state index in [1.807, 2.05) is 13.8 Å². The van der Waals surface area contributed by atoms with Gasteiger partial charge in [-0.3, -0.25) is 9.36 Å². The third kappa shape index (κ3) is 7.68. The molecule has 3 atom stereocenters. The molecule has 1 N–H and O–H groups in total. The Morgan fingerprint density at radius 3 is 2.10 bits per heavy atom. The van der Waals surface area contributed by atoms with E-state index in [1.165, 1.54) is 36.0 Å². The van der Waals surface area contributed by atoms with Gasteiger partial charge in [0.1, 0.15) is 5.82 Å². The summed E-state index contributed by atoms with van der Waals surface area (Å²) in [7, 11) is -3.79. The number of halogens is 1. The average molecular weight is 451 g/mol. The Morgan fingerprint density at radius 2 is 1.66 bits per heavy atom. The van der Waals surface area contributed by atoms with Crippen molar-refractivity contribution < 1.29 is 32.6 Å². The third-order valence-corrected chi connectivity index (χ3v) is 8.52. The molecule has 3 unspecified atom stereocenters. The van der Waals surface area contributed by atoms with Crippen LogP contribution in [0.1, 0.15) is 46.3 Å². The summed E-state index contributed by atoms with van der Waals surface area (Å²) in [6.45, 7) is 9.24. The summed E-state index contributed by atoms with van der Waals surface area (Å²) in [5.41, 5.74) is -0.556. The molecule has 0 aromatic heterocycles. The summed E-state index contributed by atoms with van der Waals surface area (Å²) in [5, 5.41) is 10.0. The van der Waals surface area contributed by atoms with Crippen molar-refractivity contribution in [3.05, 3.63) is 35.6 Å². The highest BCUT2D eigenvalue weighted by molar-refractivity contribution is 8.00. The van der Waals surface area contributed by atoms with Crippen molar-refractivity contribution in [1.82, 2.24) is 0 Å². The average Bonchev–Trinajstić information content (AvgIpc) is 2.65. The lowest BCUT2D eigenvalue weighted by atomic mass is 10.1. The number of aliphatic hydroxyl groups is 1. The molecule has 166 valence electrons. The van der Waals surface area contributed by atoms with Gasteiger partial charge in [-0.25, -0.2) is 4.39 Å². The molecule has 0 bridgehead atoms. The Hall–Kier alpha value is -0.920. The van der Waals surface area contributed by atoms with Gasteiger partial charge in [0, 0.05) is 11.0 Å². The first-order valence-electron chi connectivity index (χ1n) is 9.80. The zero-order valence-corrected chi connectivity index (χ0v) is 19.4. The summed E-state index contributed by atoms with van der Waals surface area (Å²) < 4.78 is 42.7. The molecule has 1 rings (SSSR count). The van der Waals surface area contributed by atoms with E-state index in [0.29, 0.717) is 5.56 Å². The summed E-state index contributed by atoms with van der Waals surface area (Å²) in [5.74, 6) is -0.877. The van der Waals surface area contributed by atoms with Crippen molar-refractivity contribution in [2.24, 2.45) is 5.92 Å². The standard InChI is InChI=1S/C20H32FO6PS/c1-6-25-20(23)18(28(24,26-7-2)27-8-3)19(14(4)5)29-13-17(22)15-9-11-16(21)12-10-15/h9-12,14,17-19,22H,6-8,13H2,1-5H3. The van der Waals surface area contributed by atoms with Gasteiger partial charge in [-0.2, -0.15) is 11.8 Å². The number of thioether (sulfide) groups is 1. The second-order valence-electron chi connectivity index (χ2n) is 6.68. The highest BCUT2D eigenvalue weighted by Gasteiger charge is 2.48. The molecular weight excluding hydrogens is 418 g/mol. The van der Waals surface area contributed by atoms with Crippen molar-refractivity contribution in [1.29, 1.82) is 0 Å². The first kappa shape index (κ1) is 26.1. The fraction of sp³-hybridized carbons (Fsp3) is 0.650. The molecule has 0 saturated carbocycles. The monoisotopic (exact) mass is 450 g/mol. The molecule has 0 amide bonds. The van der Waals surface area contributed by atoms with E-state index in [4.69, 9.17) is 13.8 Å². The van der Waals surface area contributed by atoms with Crippen molar-refractivity contribution in [3.8, 4) is 0 Å². The van der Waals surface area contributed by atoms with Gasteiger partial charge in [0.25, 0.3) is 0 Å². The van der Waals surface area contributed by atoms with Crippen LogP contribution in [0.4, 0.5) is 4.39 Å². The Bertz CT molecular complexity index is 659. The predicted octanol–water partition coefficient (Wildman–Crippen LogP) is 4.81. The molecular formula is C20H32FO6PS. The zero-order chi connectivity index (χ0) is 22.0. The summed E-state index contributed by atoms with van der Waals surface area (Å²) in [4.78, 5) is 12.8. The molecule has 0 radical (unpaired) electrons. The van der Waals surface area contributed by atoms with Gasteiger partial charge in [-0.1, -0.05) is 26.0 Å². The van der Waals surface area contributed by atoms with Crippen LogP contribution >= 0.6 is 19.4 Å². The maximum Gasteiger partial charge on any atom is 0.346 e. The van der Waals surface area contributed by atoms with E-state index < -0.39 is 30.6 Å². The first-order valence-corrected chi connectivity index (χ1v) is 12.5. The number of hydrogen-bond donors (Lipinski definition) is 1. The number of hydrogen-bond acceptors (Lipinski definition) is 7. The number of esters is 1. The molecule has 1 aromatic carbocycles. The zero-order valence-electron chi connectivity index (χ0n) is 17.7. The van der Waals surface area contributed by atoms with Gasteiger partial charge < -0.3 is 18.9 Å². The SMILES string of the molecule is CCOC(=O)C(C(SCC(O)c1ccc(F)cc1)C(C)C)P(=O)(OCC)OCC. The minimum Gasteiger partial charge on any atom is -0.465 e. The van der Waals surface area contributed by atoms with Gasteiger partial charge in [0.15, 0.2) is 5.66 Å². The first-order chi connectivity index (χ1) is 13.7. The lowest BCUT2D eigenvalue weighted by molar-refractivity contribution is -0.143. The van der Waals surface area contributed by atoms with Crippen LogP contribution in [-0.4, -0.2) is 47.6 Å². The van der Waals surface area contributed by atoms with Crippen molar-refractivity contribution >= 4 is 25.3 Å². The molecule has 0 heterocycles. The Morgan fingerprint density at radius 1 is 1.10 bits per heavy atom. The molecule has 29 heavy (non-hydrogen) atoms. The normalized spacial score (nSPS) is 15.2. The van der Waals surface area contributed by atoms with E-state index in [9.17, 15) is 18.9 Å². The Labute approximate surface area is 177 Å². The number of aliphatic hydroxyl groups excluding tert-OH is 1. The second-order valence-corrected chi connectivity index (χ2v) is 10.0. The number of ether oxygens (including phenoxy) is 1. The smallest absolute Gasteiger partial charge is 0.346 e. The number of benzene rings is 1. The molecule has 0 aliphatic heterocycles. The highest BCUT2D eigenvalue weighted by Crippen LogP contribution is 2.57. The van der Waals surface area contributed by atoms with Gasteiger partial charge in [0.05, 0.1) is 25.9 Å². The minimum atomic E-state index is -3.79. The van der Waals surface area contributed by atoms with Gasteiger partial charge >= 0.3 is 13.6 Å².